The van der Waals surface area contributed by atoms with Crippen molar-refractivity contribution in [3.8, 4) is 0 Å². The standard InChI is InChI=1S/C22H41N5O2S/c23-11-7-14-24-12-4-5-13-25-15-8-17-26-21(28)10-2-1-3-16-27-22(29)19-20-9-6-18-30-20/h6,9,18,24-25H,1-5,7-8,10-17,19,23H2,(H,26,28)(H,27,29). The van der Waals surface area contributed by atoms with E-state index in [0.717, 1.165) is 82.7 Å². The van der Waals surface area contributed by atoms with Crippen LogP contribution in [-0.2, 0) is 16.0 Å². The lowest BCUT2D eigenvalue weighted by atomic mass is 10.2. The molecule has 0 unspecified atom stereocenters. The average Bonchev–Trinajstić information content (AvgIpc) is 3.24. The zero-order valence-electron chi connectivity index (χ0n) is 18.3. The van der Waals surface area contributed by atoms with Crippen molar-refractivity contribution in [2.45, 2.75) is 57.8 Å². The van der Waals surface area contributed by atoms with E-state index in [1.165, 1.54) is 6.42 Å². The Morgan fingerprint density at radius 3 is 2.10 bits per heavy atom. The minimum atomic E-state index is 0.0722. The molecule has 30 heavy (non-hydrogen) atoms. The van der Waals surface area contributed by atoms with Crippen LogP contribution in [0.15, 0.2) is 17.5 Å². The molecule has 0 aliphatic carbocycles. The zero-order valence-corrected chi connectivity index (χ0v) is 19.2. The second-order valence-corrected chi connectivity index (χ2v) is 8.50. The molecule has 0 saturated carbocycles. The van der Waals surface area contributed by atoms with Gasteiger partial charge in [0.2, 0.25) is 11.8 Å². The summed E-state index contributed by atoms with van der Waals surface area (Å²) < 4.78 is 0. The number of unbranched alkanes of at least 4 members (excludes halogenated alkanes) is 3. The molecule has 8 heteroatoms. The normalized spacial score (nSPS) is 10.8. The lowest BCUT2D eigenvalue weighted by Gasteiger charge is -2.08. The van der Waals surface area contributed by atoms with Crippen LogP contribution in [-0.4, -0.2) is 57.6 Å². The zero-order chi connectivity index (χ0) is 21.7. The lowest BCUT2D eigenvalue weighted by Crippen LogP contribution is -2.28. The molecule has 0 aromatic carbocycles. The lowest BCUT2D eigenvalue weighted by molar-refractivity contribution is -0.121. The molecule has 1 rings (SSSR count). The average molecular weight is 440 g/mol. The van der Waals surface area contributed by atoms with Crippen molar-refractivity contribution in [2.75, 3.05) is 45.8 Å². The second-order valence-electron chi connectivity index (χ2n) is 7.47. The Morgan fingerprint density at radius 2 is 1.40 bits per heavy atom. The summed E-state index contributed by atoms with van der Waals surface area (Å²) in [5.41, 5.74) is 5.45. The van der Waals surface area contributed by atoms with Crippen molar-refractivity contribution in [3.05, 3.63) is 22.4 Å². The van der Waals surface area contributed by atoms with Crippen LogP contribution in [0, 0.1) is 0 Å². The quantitative estimate of drug-likeness (QED) is 0.199. The Labute approximate surface area is 186 Å². The fourth-order valence-electron chi connectivity index (χ4n) is 2.96. The van der Waals surface area contributed by atoms with Crippen molar-refractivity contribution in [1.82, 2.24) is 21.3 Å². The van der Waals surface area contributed by atoms with Gasteiger partial charge in [0.15, 0.2) is 0 Å². The fraction of sp³-hybridized carbons (Fsp3) is 0.727. The largest absolute Gasteiger partial charge is 0.356 e. The number of carbonyl (C=O) groups is 2. The predicted molar refractivity (Wildman–Crippen MR) is 126 cm³/mol. The van der Waals surface area contributed by atoms with Gasteiger partial charge in [-0.1, -0.05) is 12.5 Å². The van der Waals surface area contributed by atoms with Gasteiger partial charge in [0, 0.05) is 24.4 Å². The topological polar surface area (TPSA) is 108 Å². The summed E-state index contributed by atoms with van der Waals surface area (Å²) in [5.74, 6) is 0.197. The highest BCUT2D eigenvalue weighted by Gasteiger charge is 2.04. The second kappa shape index (κ2) is 19.5. The smallest absolute Gasteiger partial charge is 0.225 e. The van der Waals surface area contributed by atoms with Gasteiger partial charge in [-0.15, -0.1) is 11.3 Å². The SMILES string of the molecule is NCCCNCCCCNCCCNC(=O)CCCCCNC(=O)Cc1cccs1. The van der Waals surface area contributed by atoms with E-state index in [9.17, 15) is 9.59 Å². The first-order valence-corrected chi connectivity index (χ1v) is 12.3. The number of hydrogen-bond acceptors (Lipinski definition) is 6. The van der Waals surface area contributed by atoms with Crippen LogP contribution in [0.1, 0.15) is 56.2 Å². The van der Waals surface area contributed by atoms with E-state index >= 15 is 0 Å². The maximum Gasteiger partial charge on any atom is 0.225 e. The molecule has 0 spiro atoms. The summed E-state index contributed by atoms with van der Waals surface area (Å²) in [7, 11) is 0. The molecule has 0 fully saturated rings. The highest BCUT2D eigenvalue weighted by molar-refractivity contribution is 7.10. The minimum absolute atomic E-state index is 0.0722. The summed E-state index contributed by atoms with van der Waals surface area (Å²) in [6.45, 7) is 6.19. The predicted octanol–water partition coefficient (Wildman–Crippen LogP) is 1.78. The van der Waals surface area contributed by atoms with Crippen LogP contribution in [0.4, 0.5) is 0 Å². The maximum atomic E-state index is 11.8. The van der Waals surface area contributed by atoms with Crippen molar-refractivity contribution in [2.24, 2.45) is 5.73 Å². The summed E-state index contributed by atoms with van der Waals surface area (Å²) in [4.78, 5) is 24.7. The van der Waals surface area contributed by atoms with E-state index in [1.807, 2.05) is 17.5 Å². The molecular weight excluding hydrogens is 398 g/mol. The van der Waals surface area contributed by atoms with Gasteiger partial charge in [0.05, 0.1) is 6.42 Å². The Morgan fingerprint density at radius 1 is 0.767 bits per heavy atom. The van der Waals surface area contributed by atoms with E-state index in [1.54, 1.807) is 11.3 Å². The number of hydrogen-bond donors (Lipinski definition) is 5. The maximum absolute atomic E-state index is 11.8. The first-order valence-electron chi connectivity index (χ1n) is 11.4. The van der Waals surface area contributed by atoms with E-state index < -0.39 is 0 Å². The van der Waals surface area contributed by atoms with E-state index in [4.69, 9.17) is 5.73 Å². The molecule has 0 aliphatic heterocycles. The van der Waals surface area contributed by atoms with Crippen LogP contribution >= 0.6 is 11.3 Å². The summed E-state index contributed by atoms with van der Waals surface area (Å²) in [6.07, 6.45) is 8.09. The molecule has 7 nitrogen and oxygen atoms in total. The number of rotatable bonds is 20. The molecule has 172 valence electrons. The Balaban J connectivity index is 1.78. The third-order valence-corrected chi connectivity index (χ3v) is 5.56. The molecular formula is C22H41N5O2S. The highest BCUT2D eigenvalue weighted by atomic mass is 32.1. The van der Waals surface area contributed by atoms with Crippen LogP contribution in [0.3, 0.4) is 0 Å². The molecule has 2 amide bonds. The van der Waals surface area contributed by atoms with Gasteiger partial charge in [-0.05, 0) is 82.7 Å². The van der Waals surface area contributed by atoms with E-state index in [0.29, 0.717) is 19.4 Å². The van der Waals surface area contributed by atoms with Crippen LogP contribution in [0.25, 0.3) is 0 Å². The molecule has 0 aliphatic rings. The summed E-state index contributed by atoms with van der Waals surface area (Å²) >= 11 is 1.60. The number of thiophene rings is 1. The van der Waals surface area contributed by atoms with Crippen molar-refractivity contribution >= 4 is 23.2 Å². The Hall–Kier alpha value is -1.48. The fourth-order valence-corrected chi connectivity index (χ4v) is 3.66. The van der Waals surface area contributed by atoms with Crippen molar-refractivity contribution < 1.29 is 9.59 Å². The Bertz CT molecular complexity index is 540. The molecule has 0 saturated heterocycles. The van der Waals surface area contributed by atoms with Gasteiger partial charge in [0.1, 0.15) is 0 Å². The minimum Gasteiger partial charge on any atom is -0.356 e. The Kier molecular flexibility index (Phi) is 17.2. The van der Waals surface area contributed by atoms with Crippen LogP contribution < -0.4 is 27.0 Å². The highest BCUT2D eigenvalue weighted by Crippen LogP contribution is 2.08. The van der Waals surface area contributed by atoms with Gasteiger partial charge in [-0.3, -0.25) is 9.59 Å². The summed E-state index contributed by atoms with van der Waals surface area (Å²) in [6, 6.07) is 3.94. The van der Waals surface area contributed by atoms with Gasteiger partial charge in [-0.25, -0.2) is 0 Å². The molecule has 0 radical (unpaired) electrons. The van der Waals surface area contributed by atoms with E-state index in [-0.39, 0.29) is 11.8 Å². The van der Waals surface area contributed by atoms with Crippen molar-refractivity contribution in [1.29, 1.82) is 0 Å². The number of amides is 2. The molecule has 0 atom stereocenters. The third kappa shape index (κ3) is 16.3. The number of nitrogens with one attached hydrogen (secondary N) is 4. The van der Waals surface area contributed by atoms with Gasteiger partial charge >= 0.3 is 0 Å². The summed E-state index contributed by atoms with van der Waals surface area (Å²) in [5, 5.41) is 14.7. The molecule has 0 bridgehead atoms. The molecule has 1 aromatic rings. The van der Waals surface area contributed by atoms with Gasteiger partial charge < -0.3 is 27.0 Å². The molecule has 6 N–H and O–H groups in total. The van der Waals surface area contributed by atoms with E-state index in [2.05, 4.69) is 21.3 Å². The van der Waals surface area contributed by atoms with Crippen molar-refractivity contribution in [3.63, 3.8) is 0 Å². The van der Waals surface area contributed by atoms with Crippen LogP contribution in [0.2, 0.25) is 0 Å². The monoisotopic (exact) mass is 439 g/mol. The third-order valence-electron chi connectivity index (χ3n) is 4.68. The first kappa shape index (κ1) is 26.6. The molecule has 1 aromatic heterocycles. The number of carbonyl (C=O) groups excluding carboxylic acids is 2. The first-order chi connectivity index (χ1) is 14.7. The van der Waals surface area contributed by atoms with Gasteiger partial charge in [0.25, 0.3) is 0 Å². The number of nitrogens with two attached hydrogens (primary N) is 1. The van der Waals surface area contributed by atoms with Gasteiger partial charge in [-0.2, -0.15) is 0 Å². The molecule has 1 heterocycles. The van der Waals surface area contributed by atoms with Crippen LogP contribution in [0.5, 0.6) is 0 Å².